The van der Waals surface area contributed by atoms with E-state index in [1.807, 2.05) is 6.92 Å². The monoisotopic (exact) mass is 419 g/mol. The van der Waals surface area contributed by atoms with E-state index in [2.05, 4.69) is 10.4 Å². The summed E-state index contributed by atoms with van der Waals surface area (Å²) < 4.78 is 17.8. The zero-order valence-electron chi connectivity index (χ0n) is 16.6. The van der Waals surface area contributed by atoms with Crippen LogP contribution in [0.2, 0.25) is 5.02 Å². The highest BCUT2D eigenvalue weighted by atomic mass is 35.5. The summed E-state index contributed by atoms with van der Waals surface area (Å²) in [6.45, 7) is 6.00. The molecule has 1 aliphatic heterocycles. The highest BCUT2D eigenvalue weighted by Crippen LogP contribution is 2.38. The summed E-state index contributed by atoms with van der Waals surface area (Å²) >= 11 is 6.18. The maximum Gasteiger partial charge on any atom is 0.331 e. The summed E-state index contributed by atoms with van der Waals surface area (Å²) in [5, 5.41) is 7.38. The maximum atomic E-state index is 12.3. The second-order valence-corrected chi connectivity index (χ2v) is 7.01. The van der Waals surface area contributed by atoms with Crippen molar-refractivity contribution >= 4 is 35.2 Å². The van der Waals surface area contributed by atoms with Gasteiger partial charge in [-0.3, -0.25) is 9.48 Å². The van der Waals surface area contributed by atoms with E-state index in [0.717, 1.165) is 5.69 Å². The zero-order valence-corrected chi connectivity index (χ0v) is 17.4. The molecule has 154 valence electrons. The van der Waals surface area contributed by atoms with Crippen LogP contribution < -0.4 is 14.8 Å². The van der Waals surface area contributed by atoms with E-state index in [0.29, 0.717) is 46.7 Å². The molecule has 0 saturated heterocycles. The summed E-state index contributed by atoms with van der Waals surface area (Å²) in [6.07, 6.45) is 1.79. The fourth-order valence-corrected chi connectivity index (χ4v) is 3.11. The van der Waals surface area contributed by atoms with Gasteiger partial charge in [0.25, 0.3) is 5.91 Å². The molecule has 2 aromatic rings. The Morgan fingerprint density at radius 3 is 2.72 bits per heavy atom. The minimum absolute atomic E-state index is 0.394. The molecule has 3 rings (SSSR count). The second-order valence-electron chi connectivity index (χ2n) is 6.60. The first-order valence-electron chi connectivity index (χ1n) is 9.05. The van der Waals surface area contributed by atoms with Crippen LogP contribution in [0.4, 0.5) is 5.69 Å². The van der Waals surface area contributed by atoms with Gasteiger partial charge < -0.3 is 19.5 Å². The van der Waals surface area contributed by atoms with Gasteiger partial charge in [-0.2, -0.15) is 5.10 Å². The van der Waals surface area contributed by atoms with Crippen molar-refractivity contribution in [2.24, 2.45) is 7.05 Å². The SMILES string of the molecule is Cc1nn(C)c(C)c1NC(=O)[C@@H](C)OC(=O)/C=C/c1cc(Cl)c2c(c1)OCCO2. The number of benzene rings is 1. The number of carbonyl (C=O) groups excluding carboxylic acids is 2. The summed E-state index contributed by atoms with van der Waals surface area (Å²) in [6, 6.07) is 3.37. The molecule has 9 heteroatoms. The molecule has 0 spiro atoms. The van der Waals surface area contributed by atoms with Crippen LogP contribution >= 0.6 is 11.6 Å². The van der Waals surface area contributed by atoms with Crippen LogP contribution in [-0.2, 0) is 21.4 Å². The van der Waals surface area contributed by atoms with Crippen LogP contribution in [0.1, 0.15) is 23.9 Å². The van der Waals surface area contributed by atoms with Crippen LogP contribution in [0, 0.1) is 13.8 Å². The Bertz CT molecular complexity index is 983. The molecule has 8 nitrogen and oxygen atoms in total. The molecular formula is C20H22ClN3O5. The molecular weight excluding hydrogens is 398 g/mol. The minimum Gasteiger partial charge on any atom is -0.486 e. The number of rotatable bonds is 5. The Morgan fingerprint density at radius 1 is 1.31 bits per heavy atom. The van der Waals surface area contributed by atoms with Gasteiger partial charge in [0, 0.05) is 13.1 Å². The Labute approximate surface area is 173 Å². The van der Waals surface area contributed by atoms with Crippen molar-refractivity contribution in [2.45, 2.75) is 26.9 Å². The number of carbonyl (C=O) groups is 2. The largest absolute Gasteiger partial charge is 0.486 e. The van der Waals surface area contributed by atoms with E-state index < -0.39 is 18.0 Å². The summed E-state index contributed by atoms with van der Waals surface area (Å²) in [5.41, 5.74) is 2.76. The van der Waals surface area contributed by atoms with Crippen molar-refractivity contribution in [3.63, 3.8) is 0 Å². The average molecular weight is 420 g/mol. The van der Waals surface area contributed by atoms with Crippen molar-refractivity contribution in [3.8, 4) is 11.5 Å². The van der Waals surface area contributed by atoms with Gasteiger partial charge in [-0.05, 0) is 44.5 Å². The maximum absolute atomic E-state index is 12.3. The van der Waals surface area contributed by atoms with Crippen LogP contribution in [0.3, 0.4) is 0 Å². The quantitative estimate of drug-likeness (QED) is 0.591. The van der Waals surface area contributed by atoms with E-state index in [1.165, 1.54) is 19.1 Å². The van der Waals surface area contributed by atoms with Crippen molar-refractivity contribution in [2.75, 3.05) is 18.5 Å². The van der Waals surface area contributed by atoms with Crippen LogP contribution in [0.5, 0.6) is 11.5 Å². The first-order valence-corrected chi connectivity index (χ1v) is 9.43. The number of anilines is 1. The van der Waals surface area contributed by atoms with E-state index in [9.17, 15) is 9.59 Å². The van der Waals surface area contributed by atoms with Gasteiger partial charge >= 0.3 is 5.97 Å². The van der Waals surface area contributed by atoms with Crippen molar-refractivity contribution in [3.05, 3.63) is 40.2 Å². The fraction of sp³-hybridized carbons (Fsp3) is 0.350. The summed E-state index contributed by atoms with van der Waals surface area (Å²) in [5.74, 6) is -0.0812. The molecule has 29 heavy (non-hydrogen) atoms. The number of hydrogen-bond donors (Lipinski definition) is 1. The number of ether oxygens (including phenoxy) is 3. The summed E-state index contributed by atoms with van der Waals surface area (Å²) in [7, 11) is 1.79. The minimum atomic E-state index is -0.977. The molecule has 0 bridgehead atoms. The summed E-state index contributed by atoms with van der Waals surface area (Å²) in [4.78, 5) is 24.4. The van der Waals surface area contributed by atoms with E-state index in [4.69, 9.17) is 25.8 Å². The van der Waals surface area contributed by atoms with Gasteiger partial charge in [0.2, 0.25) is 0 Å². The topological polar surface area (TPSA) is 91.7 Å². The number of halogens is 1. The van der Waals surface area contributed by atoms with Crippen molar-refractivity contribution < 1.29 is 23.8 Å². The second kappa shape index (κ2) is 8.57. The normalized spacial score (nSPS) is 14.0. The average Bonchev–Trinajstić information content (AvgIpc) is 2.92. The number of nitrogens with one attached hydrogen (secondary N) is 1. The van der Waals surface area contributed by atoms with E-state index in [1.54, 1.807) is 30.8 Å². The predicted molar refractivity (Wildman–Crippen MR) is 108 cm³/mol. The van der Waals surface area contributed by atoms with Crippen LogP contribution in [0.25, 0.3) is 6.08 Å². The third kappa shape index (κ3) is 4.71. The molecule has 0 aliphatic carbocycles. The number of nitrogens with zero attached hydrogens (tertiary/aromatic N) is 2. The van der Waals surface area contributed by atoms with Gasteiger partial charge in [-0.15, -0.1) is 0 Å². The molecule has 1 aromatic heterocycles. The number of aryl methyl sites for hydroxylation is 2. The van der Waals surface area contributed by atoms with Gasteiger partial charge in [-0.25, -0.2) is 4.79 Å². The first-order chi connectivity index (χ1) is 13.8. The fourth-order valence-electron chi connectivity index (χ4n) is 2.84. The zero-order chi connectivity index (χ0) is 21.1. The van der Waals surface area contributed by atoms with Gasteiger partial charge in [-0.1, -0.05) is 11.6 Å². The van der Waals surface area contributed by atoms with Gasteiger partial charge in [0.15, 0.2) is 17.6 Å². The Balaban J connectivity index is 1.61. The van der Waals surface area contributed by atoms with Crippen LogP contribution in [0.15, 0.2) is 18.2 Å². The molecule has 0 fully saturated rings. The number of esters is 1. The lowest BCUT2D eigenvalue weighted by Crippen LogP contribution is -2.29. The molecule has 1 aliphatic rings. The lowest BCUT2D eigenvalue weighted by atomic mass is 10.2. The number of hydrogen-bond acceptors (Lipinski definition) is 6. The molecule has 2 heterocycles. The Hall–Kier alpha value is -3.00. The third-order valence-electron chi connectivity index (χ3n) is 4.45. The first kappa shape index (κ1) is 20.7. The Morgan fingerprint density at radius 2 is 2.03 bits per heavy atom. The molecule has 0 saturated carbocycles. The smallest absolute Gasteiger partial charge is 0.331 e. The highest BCUT2D eigenvalue weighted by Gasteiger charge is 2.20. The van der Waals surface area contributed by atoms with Gasteiger partial charge in [0.1, 0.15) is 13.2 Å². The highest BCUT2D eigenvalue weighted by molar-refractivity contribution is 6.32. The van der Waals surface area contributed by atoms with Crippen molar-refractivity contribution in [1.29, 1.82) is 0 Å². The van der Waals surface area contributed by atoms with Crippen molar-refractivity contribution in [1.82, 2.24) is 9.78 Å². The molecule has 1 N–H and O–H groups in total. The lowest BCUT2D eigenvalue weighted by Gasteiger charge is -2.19. The molecule has 1 amide bonds. The molecule has 1 atom stereocenters. The standard InChI is InChI=1S/C20H22ClN3O5/c1-11-18(12(2)24(4)23-11)22-20(26)13(3)29-17(25)6-5-14-9-15(21)19-16(10-14)27-7-8-28-19/h5-6,9-10,13H,7-8H2,1-4H3,(H,22,26)/b6-5+/t13-/m1/s1. The number of amides is 1. The molecule has 0 unspecified atom stereocenters. The van der Waals surface area contributed by atoms with Crippen LogP contribution in [-0.4, -0.2) is 41.0 Å². The molecule has 1 aromatic carbocycles. The Kier molecular flexibility index (Phi) is 6.12. The lowest BCUT2D eigenvalue weighted by molar-refractivity contribution is -0.148. The molecule has 0 radical (unpaired) electrons. The number of fused-ring (bicyclic) bond motifs is 1. The third-order valence-corrected chi connectivity index (χ3v) is 4.73. The van der Waals surface area contributed by atoms with E-state index in [-0.39, 0.29) is 0 Å². The van der Waals surface area contributed by atoms with Gasteiger partial charge in [0.05, 0.1) is 22.1 Å². The predicted octanol–water partition coefficient (Wildman–Crippen LogP) is 3.05. The number of aromatic nitrogens is 2. The van der Waals surface area contributed by atoms with E-state index >= 15 is 0 Å².